The predicted octanol–water partition coefficient (Wildman–Crippen LogP) is 4.66. The molecule has 2 fully saturated rings. The summed E-state index contributed by atoms with van der Waals surface area (Å²) in [7, 11) is 0. The fourth-order valence-corrected chi connectivity index (χ4v) is 3.64. The van der Waals surface area contributed by atoms with E-state index in [2.05, 4.69) is 0 Å². The van der Waals surface area contributed by atoms with Crippen LogP contribution in [0.1, 0.15) is 33.6 Å². The van der Waals surface area contributed by atoms with Gasteiger partial charge in [-0.3, -0.25) is 4.79 Å². The van der Waals surface area contributed by atoms with Crippen molar-refractivity contribution < 1.29 is 40.6 Å². The Labute approximate surface area is 127 Å². The molecule has 0 aromatic carbocycles. The summed E-state index contributed by atoms with van der Waals surface area (Å²) < 4.78 is 90.3. The van der Waals surface area contributed by atoms with Crippen LogP contribution in [0, 0.1) is 16.7 Å². The highest BCUT2D eigenvalue weighted by molar-refractivity contribution is 6.05. The van der Waals surface area contributed by atoms with Crippen molar-refractivity contribution in [1.82, 2.24) is 0 Å². The lowest BCUT2D eigenvalue weighted by molar-refractivity contribution is -0.349. The number of rotatable bonds is 2. The first kappa shape index (κ1) is 18.1. The number of halogens is 7. The molecule has 2 saturated carbocycles. The molecule has 0 radical (unpaired) electrons. The lowest BCUT2D eigenvalue weighted by atomic mass is 9.70. The van der Waals surface area contributed by atoms with Crippen molar-refractivity contribution >= 4 is 5.78 Å². The number of alkyl halides is 7. The number of carbonyl (C=O) groups excluding carboxylic acids is 1. The van der Waals surface area contributed by atoms with E-state index >= 15 is 0 Å². The number of aliphatic hydroxyl groups excluding tert-OH is 1. The predicted molar refractivity (Wildman–Crippen MR) is 65.2 cm³/mol. The summed E-state index contributed by atoms with van der Waals surface area (Å²) in [5, 5.41) is 9.54. The second kappa shape index (κ2) is 4.42. The normalized spacial score (nSPS) is 33.3. The number of hydrogen-bond acceptors (Lipinski definition) is 2. The van der Waals surface area contributed by atoms with Crippen LogP contribution in [0.15, 0.2) is 11.3 Å². The van der Waals surface area contributed by atoms with Crippen molar-refractivity contribution in [2.75, 3.05) is 0 Å². The summed E-state index contributed by atoms with van der Waals surface area (Å²) >= 11 is 0. The monoisotopic (exact) mass is 348 g/mol. The number of Topliss-reactive ketones (excluding diaryl/α,β-unsaturated/α-hetero) is 1. The molecule has 2 nitrogen and oxygen atoms in total. The molecule has 0 aliphatic heterocycles. The smallest absolute Gasteiger partial charge is 0.460 e. The molecule has 132 valence electrons. The van der Waals surface area contributed by atoms with Gasteiger partial charge in [0.25, 0.3) is 0 Å². The van der Waals surface area contributed by atoms with E-state index in [9.17, 15) is 40.6 Å². The number of hydrogen-bond donors (Lipinski definition) is 1. The van der Waals surface area contributed by atoms with E-state index in [0.29, 0.717) is 6.42 Å². The van der Waals surface area contributed by atoms with Gasteiger partial charge in [0.2, 0.25) is 0 Å². The van der Waals surface area contributed by atoms with Crippen LogP contribution in [0.5, 0.6) is 0 Å². The number of carbonyl (C=O) groups is 1. The van der Waals surface area contributed by atoms with Crippen molar-refractivity contribution in [2.24, 2.45) is 16.7 Å². The summed E-state index contributed by atoms with van der Waals surface area (Å²) in [6.45, 7) is 4.53. The molecule has 2 aliphatic rings. The molecule has 1 N–H and O–H groups in total. The molecule has 0 heterocycles. The topological polar surface area (TPSA) is 37.3 Å². The zero-order valence-corrected chi connectivity index (χ0v) is 12.5. The fourth-order valence-electron chi connectivity index (χ4n) is 3.64. The number of fused-ring (bicyclic) bond motifs is 2. The van der Waals surface area contributed by atoms with E-state index in [-0.39, 0.29) is 6.42 Å². The van der Waals surface area contributed by atoms with Gasteiger partial charge in [-0.05, 0) is 24.2 Å². The van der Waals surface area contributed by atoms with Gasteiger partial charge < -0.3 is 5.11 Å². The largest absolute Gasteiger partial charge is 0.506 e. The Morgan fingerprint density at radius 3 is 1.91 bits per heavy atom. The highest BCUT2D eigenvalue weighted by atomic mass is 19.4. The third kappa shape index (κ3) is 1.91. The lowest BCUT2D eigenvalue weighted by Crippen LogP contribution is -2.53. The molecule has 0 spiro atoms. The Morgan fingerprint density at radius 1 is 1.09 bits per heavy atom. The Hall–Kier alpha value is -1.28. The van der Waals surface area contributed by atoms with Crippen LogP contribution in [0.25, 0.3) is 0 Å². The number of allylic oxidation sites excluding steroid dienone is 2. The summed E-state index contributed by atoms with van der Waals surface area (Å²) in [6.07, 6.45) is -6.12. The minimum absolute atomic E-state index is 0.155. The third-order valence-corrected chi connectivity index (χ3v) is 5.62. The highest BCUT2D eigenvalue weighted by Gasteiger charge is 2.76. The number of aliphatic hydroxyl groups is 1. The standard InChI is InChI=1S/C14H15F7O2/c1-10(2)6-4-5-11(10,3)8(22)7(6)9(23)12(15,16)13(17,18)14(19,20)21/h6,23H,4-5H2,1-3H3/t6-,11-/m0/s1. The first-order valence-corrected chi connectivity index (χ1v) is 6.84. The molecule has 0 saturated heterocycles. The second-order valence-electron chi connectivity index (χ2n) is 6.88. The summed E-state index contributed by atoms with van der Waals surface area (Å²) in [5.41, 5.74) is -3.10. The lowest BCUT2D eigenvalue weighted by Gasteiger charge is -2.31. The second-order valence-corrected chi connectivity index (χ2v) is 6.88. The fraction of sp³-hybridized carbons (Fsp3) is 0.786. The zero-order valence-electron chi connectivity index (χ0n) is 12.5. The Kier molecular flexibility index (Phi) is 3.47. The van der Waals surface area contributed by atoms with Crippen molar-refractivity contribution in [3.8, 4) is 0 Å². The summed E-state index contributed by atoms with van der Waals surface area (Å²) in [4.78, 5) is 12.3. The van der Waals surface area contributed by atoms with Crippen LogP contribution in [0.2, 0.25) is 0 Å². The van der Waals surface area contributed by atoms with Gasteiger partial charge in [-0.1, -0.05) is 20.8 Å². The molecule has 2 atom stereocenters. The van der Waals surface area contributed by atoms with Crippen molar-refractivity contribution in [3.63, 3.8) is 0 Å². The Balaban J connectivity index is 2.62. The van der Waals surface area contributed by atoms with E-state index < -0.39 is 51.9 Å². The average molecular weight is 348 g/mol. The minimum atomic E-state index is -6.56. The minimum Gasteiger partial charge on any atom is -0.506 e. The van der Waals surface area contributed by atoms with Gasteiger partial charge >= 0.3 is 18.0 Å². The van der Waals surface area contributed by atoms with Gasteiger partial charge in [0, 0.05) is 11.0 Å². The van der Waals surface area contributed by atoms with Crippen LogP contribution in [-0.4, -0.2) is 28.9 Å². The average Bonchev–Trinajstić information content (AvgIpc) is 2.68. The quantitative estimate of drug-likeness (QED) is 0.448. The van der Waals surface area contributed by atoms with E-state index in [1.807, 2.05) is 0 Å². The van der Waals surface area contributed by atoms with Crippen LogP contribution in [0.3, 0.4) is 0 Å². The van der Waals surface area contributed by atoms with Gasteiger partial charge in [0.15, 0.2) is 11.5 Å². The molecule has 2 aliphatic carbocycles. The number of ketones is 1. The summed E-state index contributed by atoms with van der Waals surface area (Å²) in [5.74, 6) is -16.8. The molecule has 0 aromatic rings. The molecule has 0 aromatic heterocycles. The van der Waals surface area contributed by atoms with Crippen molar-refractivity contribution in [2.45, 2.75) is 51.6 Å². The molecule has 2 bridgehead atoms. The third-order valence-electron chi connectivity index (χ3n) is 5.62. The molecule has 9 heteroatoms. The first-order valence-electron chi connectivity index (χ1n) is 6.84. The highest BCUT2D eigenvalue weighted by Crippen LogP contribution is 2.67. The maximum Gasteiger partial charge on any atom is 0.460 e. The van der Waals surface area contributed by atoms with Crippen LogP contribution >= 0.6 is 0 Å². The molecule has 0 unspecified atom stereocenters. The maximum absolute atomic E-state index is 13.7. The van der Waals surface area contributed by atoms with E-state index in [0.717, 1.165) is 0 Å². The van der Waals surface area contributed by atoms with Gasteiger partial charge in [0.1, 0.15) is 0 Å². The molecule has 2 rings (SSSR count). The Morgan fingerprint density at radius 2 is 1.57 bits per heavy atom. The molecular weight excluding hydrogens is 333 g/mol. The van der Waals surface area contributed by atoms with Gasteiger partial charge in [0.05, 0.1) is 0 Å². The van der Waals surface area contributed by atoms with Crippen molar-refractivity contribution in [3.05, 3.63) is 11.3 Å². The maximum atomic E-state index is 13.7. The molecule has 23 heavy (non-hydrogen) atoms. The van der Waals surface area contributed by atoms with Crippen LogP contribution in [0.4, 0.5) is 30.7 Å². The van der Waals surface area contributed by atoms with Crippen molar-refractivity contribution in [1.29, 1.82) is 0 Å². The molecule has 0 amide bonds. The van der Waals surface area contributed by atoms with E-state index in [4.69, 9.17) is 0 Å². The van der Waals surface area contributed by atoms with Gasteiger partial charge in [-0.2, -0.15) is 30.7 Å². The SMILES string of the molecule is CC1(C)[C@H]2CC[C@@]1(C)C(=O)C2=C(O)C(F)(F)C(F)(F)C(F)(F)F. The van der Waals surface area contributed by atoms with Gasteiger partial charge in [-0.15, -0.1) is 0 Å². The molecular formula is C14H15F7O2. The van der Waals surface area contributed by atoms with Gasteiger partial charge in [-0.25, -0.2) is 0 Å². The first-order chi connectivity index (χ1) is 10.0. The van der Waals surface area contributed by atoms with Crippen LogP contribution in [-0.2, 0) is 4.79 Å². The van der Waals surface area contributed by atoms with E-state index in [1.165, 1.54) is 6.92 Å². The zero-order chi connectivity index (χ0) is 18.2. The van der Waals surface area contributed by atoms with Crippen LogP contribution < -0.4 is 0 Å². The summed E-state index contributed by atoms with van der Waals surface area (Å²) in [6, 6.07) is 0. The van der Waals surface area contributed by atoms with E-state index in [1.54, 1.807) is 13.8 Å². The Bertz CT molecular complexity index is 588.